The third-order valence-corrected chi connectivity index (χ3v) is 5.20. The molecule has 1 aromatic rings. The summed E-state index contributed by atoms with van der Waals surface area (Å²) in [5.41, 5.74) is 0. The van der Waals surface area contributed by atoms with E-state index in [2.05, 4.69) is 11.8 Å². The van der Waals surface area contributed by atoms with E-state index >= 15 is 0 Å². The quantitative estimate of drug-likeness (QED) is 0.856. The fourth-order valence-electron chi connectivity index (χ4n) is 3.82. The summed E-state index contributed by atoms with van der Waals surface area (Å²) >= 11 is 0. The van der Waals surface area contributed by atoms with E-state index in [0.29, 0.717) is 0 Å². The number of amides is 1. The van der Waals surface area contributed by atoms with Gasteiger partial charge in [-0.25, -0.2) is 0 Å². The summed E-state index contributed by atoms with van der Waals surface area (Å²) in [6, 6.07) is 10.3. The molecule has 2 aliphatic rings. The van der Waals surface area contributed by atoms with Crippen LogP contribution in [0.4, 0.5) is 0 Å². The van der Waals surface area contributed by atoms with Crippen molar-refractivity contribution < 1.29 is 9.53 Å². The molecule has 23 heavy (non-hydrogen) atoms. The van der Waals surface area contributed by atoms with Gasteiger partial charge < -0.3 is 9.64 Å². The molecule has 0 aromatic heterocycles. The van der Waals surface area contributed by atoms with Gasteiger partial charge in [0.15, 0.2) is 6.61 Å². The summed E-state index contributed by atoms with van der Waals surface area (Å²) in [6.07, 6.45) is 5.39. The van der Waals surface area contributed by atoms with Crippen LogP contribution in [0.15, 0.2) is 30.3 Å². The van der Waals surface area contributed by atoms with E-state index in [1.54, 1.807) is 0 Å². The van der Waals surface area contributed by atoms with E-state index in [1.807, 2.05) is 35.2 Å². The lowest BCUT2D eigenvalue weighted by Gasteiger charge is -2.42. The molecule has 0 unspecified atom stereocenters. The Balaban J connectivity index is 1.42. The van der Waals surface area contributed by atoms with Crippen molar-refractivity contribution in [3.05, 3.63) is 30.3 Å². The Kier molecular flexibility index (Phi) is 5.55. The molecule has 1 saturated heterocycles. The lowest BCUT2D eigenvalue weighted by atomic mass is 9.86. The highest BCUT2D eigenvalue weighted by Gasteiger charge is 2.28. The first-order valence-electron chi connectivity index (χ1n) is 8.92. The molecule has 1 saturated carbocycles. The van der Waals surface area contributed by atoms with Crippen LogP contribution < -0.4 is 4.74 Å². The van der Waals surface area contributed by atoms with Crippen LogP contribution in [-0.2, 0) is 4.79 Å². The second-order valence-corrected chi connectivity index (χ2v) is 6.94. The fraction of sp³-hybridized carbons (Fsp3) is 0.632. The van der Waals surface area contributed by atoms with Crippen molar-refractivity contribution in [3.63, 3.8) is 0 Å². The van der Waals surface area contributed by atoms with E-state index in [-0.39, 0.29) is 12.5 Å². The second kappa shape index (κ2) is 7.82. The Morgan fingerprint density at radius 3 is 2.57 bits per heavy atom. The zero-order valence-corrected chi connectivity index (χ0v) is 14.1. The van der Waals surface area contributed by atoms with Crippen LogP contribution in [-0.4, -0.2) is 54.5 Å². The number of para-hydroxylation sites is 1. The molecule has 0 bridgehead atoms. The molecule has 3 rings (SSSR count). The van der Waals surface area contributed by atoms with Crippen molar-refractivity contribution in [1.29, 1.82) is 0 Å². The minimum atomic E-state index is 0.102. The molecule has 2 fully saturated rings. The maximum atomic E-state index is 12.3. The number of carbonyl (C=O) groups is 1. The monoisotopic (exact) mass is 316 g/mol. The molecule has 0 spiro atoms. The zero-order chi connectivity index (χ0) is 16.1. The minimum Gasteiger partial charge on any atom is -0.484 e. The lowest BCUT2D eigenvalue weighted by Crippen LogP contribution is -2.53. The second-order valence-electron chi connectivity index (χ2n) is 6.94. The summed E-state index contributed by atoms with van der Waals surface area (Å²) in [4.78, 5) is 16.8. The topological polar surface area (TPSA) is 32.8 Å². The van der Waals surface area contributed by atoms with Crippen molar-refractivity contribution in [2.75, 3.05) is 32.8 Å². The van der Waals surface area contributed by atoms with Crippen LogP contribution in [0, 0.1) is 5.92 Å². The number of nitrogens with zero attached hydrogens (tertiary/aromatic N) is 2. The third kappa shape index (κ3) is 4.47. The summed E-state index contributed by atoms with van der Waals surface area (Å²) in [5, 5.41) is 0. The summed E-state index contributed by atoms with van der Waals surface area (Å²) in [5.74, 6) is 1.72. The Morgan fingerprint density at radius 1 is 1.13 bits per heavy atom. The average Bonchev–Trinajstić information content (AvgIpc) is 2.61. The first-order chi connectivity index (χ1) is 11.2. The minimum absolute atomic E-state index is 0.102. The standard InChI is InChI=1S/C19H28N2O2/c1-16-6-5-7-17(14-16)20-10-12-21(13-11-20)19(22)15-23-18-8-3-2-4-9-18/h2-4,8-9,16-17H,5-7,10-15H2,1H3/t16-,17-/m0/s1. The molecule has 0 radical (unpaired) electrons. The average molecular weight is 316 g/mol. The van der Waals surface area contributed by atoms with Gasteiger partial charge in [-0.1, -0.05) is 38.0 Å². The Labute approximate surface area is 139 Å². The maximum Gasteiger partial charge on any atom is 0.260 e. The highest BCUT2D eigenvalue weighted by atomic mass is 16.5. The third-order valence-electron chi connectivity index (χ3n) is 5.20. The summed E-state index contributed by atoms with van der Waals surface area (Å²) in [6.45, 7) is 6.20. The highest BCUT2D eigenvalue weighted by Crippen LogP contribution is 2.27. The molecule has 2 atom stereocenters. The van der Waals surface area contributed by atoms with Crippen molar-refractivity contribution in [3.8, 4) is 5.75 Å². The molecule has 1 aliphatic heterocycles. The number of piperazine rings is 1. The van der Waals surface area contributed by atoms with Gasteiger partial charge in [-0.3, -0.25) is 9.69 Å². The number of hydrogen-bond acceptors (Lipinski definition) is 3. The Hall–Kier alpha value is -1.55. The summed E-state index contributed by atoms with van der Waals surface area (Å²) < 4.78 is 5.57. The number of rotatable bonds is 4. The van der Waals surface area contributed by atoms with E-state index < -0.39 is 0 Å². The highest BCUT2D eigenvalue weighted by molar-refractivity contribution is 5.77. The van der Waals surface area contributed by atoms with E-state index in [1.165, 1.54) is 25.7 Å². The molecule has 126 valence electrons. The first kappa shape index (κ1) is 16.3. The molecular formula is C19H28N2O2. The number of hydrogen-bond donors (Lipinski definition) is 0. The first-order valence-corrected chi connectivity index (χ1v) is 8.92. The van der Waals surface area contributed by atoms with Gasteiger partial charge in [0.05, 0.1) is 0 Å². The van der Waals surface area contributed by atoms with Gasteiger partial charge in [0.25, 0.3) is 5.91 Å². The van der Waals surface area contributed by atoms with Crippen LogP contribution in [0.25, 0.3) is 0 Å². The number of benzene rings is 1. The zero-order valence-electron chi connectivity index (χ0n) is 14.1. The smallest absolute Gasteiger partial charge is 0.260 e. The Morgan fingerprint density at radius 2 is 1.87 bits per heavy atom. The normalized spacial score (nSPS) is 26.0. The van der Waals surface area contributed by atoms with Gasteiger partial charge >= 0.3 is 0 Å². The number of ether oxygens (including phenoxy) is 1. The molecule has 4 nitrogen and oxygen atoms in total. The van der Waals surface area contributed by atoms with Gasteiger partial charge in [0.1, 0.15) is 5.75 Å². The number of carbonyl (C=O) groups excluding carboxylic acids is 1. The molecule has 1 heterocycles. The van der Waals surface area contributed by atoms with Crippen LogP contribution in [0.3, 0.4) is 0 Å². The van der Waals surface area contributed by atoms with Crippen LogP contribution in [0.5, 0.6) is 5.75 Å². The Bertz CT molecular complexity index is 497. The molecular weight excluding hydrogens is 288 g/mol. The van der Waals surface area contributed by atoms with E-state index in [4.69, 9.17) is 4.74 Å². The molecule has 1 aromatic carbocycles. The van der Waals surface area contributed by atoms with E-state index in [0.717, 1.165) is 43.9 Å². The van der Waals surface area contributed by atoms with Gasteiger partial charge in [-0.15, -0.1) is 0 Å². The fourth-order valence-corrected chi connectivity index (χ4v) is 3.82. The van der Waals surface area contributed by atoms with Crippen molar-refractivity contribution in [2.45, 2.75) is 38.6 Å². The van der Waals surface area contributed by atoms with Crippen molar-refractivity contribution >= 4 is 5.91 Å². The maximum absolute atomic E-state index is 12.3. The summed E-state index contributed by atoms with van der Waals surface area (Å²) in [7, 11) is 0. The predicted octanol–water partition coefficient (Wildman–Crippen LogP) is 2.79. The van der Waals surface area contributed by atoms with Crippen LogP contribution in [0.2, 0.25) is 0 Å². The molecule has 1 aliphatic carbocycles. The lowest BCUT2D eigenvalue weighted by molar-refractivity contribution is -0.135. The van der Waals surface area contributed by atoms with Gasteiger partial charge in [0.2, 0.25) is 0 Å². The van der Waals surface area contributed by atoms with Crippen LogP contribution in [0.1, 0.15) is 32.6 Å². The van der Waals surface area contributed by atoms with E-state index in [9.17, 15) is 4.79 Å². The van der Waals surface area contributed by atoms with Gasteiger partial charge in [-0.2, -0.15) is 0 Å². The van der Waals surface area contributed by atoms with Gasteiger partial charge in [-0.05, 0) is 30.9 Å². The van der Waals surface area contributed by atoms with Crippen LogP contribution >= 0.6 is 0 Å². The molecule has 0 N–H and O–H groups in total. The largest absolute Gasteiger partial charge is 0.484 e. The predicted molar refractivity (Wildman–Crippen MR) is 91.5 cm³/mol. The molecule has 1 amide bonds. The van der Waals surface area contributed by atoms with Crippen molar-refractivity contribution in [2.24, 2.45) is 5.92 Å². The van der Waals surface area contributed by atoms with Gasteiger partial charge in [0, 0.05) is 32.2 Å². The van der Waals surface area contributed by atoms with Crippen molar-refractivity contribution in [1.82, 2.24) is 9.80 Å². The molecule has 4 heteroatoms. The SMILES string of the molecule is C[C@H]1CCC[C@H](N2CCN(C(=O)COc3ccccc3)CC2)C1.